The molecule has 0 bridgehead atoms. The van der Waals surface area contributed by atoms with Crippen LogP contribution in [0.1, 0.15) is 13.3 Å². The Morgan fingerprint density at radius 3 is 3.11 bits per heavy atom. The monoisotopic (exact) mass is 138 g/mol. The van der Waals surface area contributed by atoms with Crippen LogP contribution >= 0.6 is 9.24 Å². The van der Waals surface area contributed by atoms with Gasteiger partial charge in [-0.05, 0) is 18.7 Å². The third kappa shape index (κ3) is 2.15. The molecule has 1 aliphatic carbocycles. The molecular weight excluding hydrogens is 127 g/mol. The third-order valence-electron chi connectivity index (χ3n) is 1.28. The van der Waals surface area contributed by atoms with Crippen molar-refractivity contribution in [3.63, 3.8) is 0 Å². The van der Waals surface area contributed by atoms with Gasteiger partial charge in [-0.3, -0.25) is 0 Å². The minimum atomic E-state index is 1.07. The number of allylic oxidation sites excluding steroid dienone is 6. The van der Waals surface area contributed by atoms with Crippen molar-refractivity contribution in [3.05, 3.63) is 35.2 Å². The van der Waals surface area contributed by atoms with Crippen molar-refractivity contribution >= 4 is 9.24 Å². The van der Waals surface area contributed by atoms with Gasteiger partial charge in [0.25, 0.3) is 0 Å². The Balaban J connectivity index is 2.82. The molecule has 1 rings (SSSR count). The number of hydrogen-bond donors (Lipinski definition) is 0. The highest BCUT2D eigenvalue weighted by molar-refractivity contribution is 7.22. The summed E-state index contributed by atoms with van der Waals surface area (Å²) in [4.78, 5) is 0. The van der Waals surface area contributed by atoms with E-state index in [1.54, 1.807) is 0 Å². The summed E-state index contributed by atoms with van der Waals surface area (Å²) in [6, 6.07) is 0. The highest BCUT2D eigenvalue weighted by Crippen LogP contribution is 2.14. The topological polar surface area (TPSA) is 0 Å². The van der Waals surface area contributed by atoms with Crippen LogP contribution in [0.2, 0.25) is 0 Å². The van der Waals surface area contributed by atoms with E-state index in [-0.39, 0.29) is 0 Å². The van der Waals surface area contributed by atoms with Gasteiger partial charge in [0, 0.05) is 0 Å². The maximum Gasteiger partial charge on any atom is -0.0160 e. The highest BCUT2D eigenvalue weighted by atomic mass is 31.0. The van der Waals surface area contributed by atoms with E-state index in [0.29, 0.717) is 0 Å². The van der Waals surface area contributed by atoms with Crippen LogP contribution in [0.25, 0.3) is 0 Å². The predicted octanol–water partition coefficient (Wildman–Crippen LogP) is 2.65. The first-order valence-corrected chi connectivity index (χ1v) is 3.67. The van der Waals surface area contributed by atoms with E-state index < -0.39 is 0 Å². The van der Waals surface area contributed by atoms with Gasteiger partial charge >= 0.3 is 0 Å². The van der Waals surface area contributed by atoms with Crippen LogP contribution < -0.4 is 0 Å². The quantitative estimate of drug-likeness (QED) is 0.451. The maximum absolute atomic E-state index is 2.70. The van der Waals surface area contributed by atoms with Gasteiger partial charge in [-0.25, -0.2) is 0 Å². The molecule has 0 saturated carbocycles. The minimum Gasteiger partial charge on any atom is -0.106 e. The second kappa shape index (κ2) is 2.98. The van der Waals surface area contributed by atoms with Crippen LogP contribution in [0, 0.1) is 0 Å². The van der Waals surface area contributed by atoms with E-state index in [0.717, 1.165) is 6.42 Å². The van der Waals surface area contributed by atoms with Crippen LogP contribution in [0.3, 0.4) is 0 Å². The van der Waals surface area contributed by atoms with Crippen LogP contribution in [0.15, 0.2) is 35.2 Å². The summed E-state index contributed by atoms with van der Waals surface area (Å²) in [6.07, 6.45) is 9.73. The van der Waals surface area contributed by atoms with Crippen LogP contribution in [0.4, 0.5) is 0 Å². The summed E-state index contributed by atoms with van der Waals surface area (Å²) in [7, 11) is 2.70. The zero-order valence-electron chi connectivity index (χ0n) is 5.59. The molecule has 1 heteroatoms. The fraction of sp³-hybridized carbons (Fsp3) is 0.250. The normalized spacial score (nSPS) is 18.4. The summed E-state index contributed by atoms with van der Waals surface area (Å²) in [5, 5.41) is 1.27. The van der Waals surface area contributed by atoms with Gasteiger partial charge in [0.15, 0.2) is 0 Å². The number of rotatable bonds is 0. The van der Waals surface area contributed by atoms with Gasteiger partial charge in [-0.2, -0.15) is 0 Å². The lowest BCUT2D eigenvalue weighted by Gasteiger charge is -1.87. The van der Waals surface area contributed by atoms with E-state index in [1.807, 2.05) is 0 Å². The Labute approximate surface area is 58.5 Å². The molecule has 1 aliphatic rings. The molecule has 0 amide bonds. The second-order valence-corrected chi connectivity index (χ2v) is 2.90. The molecule has 0 aromatic carbocycles. The maximum atomic E-state index is 2.70. The van der Waals surface area contributed by atoms with E-state index in [9.17, 15) is 0 Å². The largest absolute Gasteiger partial charge is 0.106 e. The van der Waals surface area contributed by atoms with Crippen LogP contribution in [0.5, 0.6) is 0 Å². The zero-order valence-corrected chi connectivity index (χ0v) is 6.75. The molecule has 0 spiro atoms. The fourth-order valence-electron chi connectivity index (χ4n) is 0.828. The molecule has 0 N–H and O–H groups in total. The summed E-state index contributed by atoms with van der Waals surface area (Å²) in [5.74, 6) is 0. The predicted molar refractivity (Wildman–Crippen MR) is 45.3 cm³/mol. The first-order valence-electron chi connectivity index (χ1n) is 3.09. The molecule has 0 aromatic rings. The lowest BCUT2D eigenvalue weighted by molar-refractivity contribution is 1.35. The average Bonchev–Trinajstić information content (AvgIpc) is 1.93. The lowest BCUT2D eigenvalue weighted by Crippen LogP contribution is -1.64. The van der Waals surface area contributed by atoms with Gasteiger partial charge in [0.05, 0.1) is 0 Å². The van der Waals surface area contributed by atoms with Gasteiger partial charge < -0.3 is 0 Å². The molecule has 0 radical (unpaired) electrons. The second-order valence-electron chi connectivity index (χ2n) is 2.23. The Kier molecular flexibility index (Phi) is 2.24. The summed E-state index contributed by atoms with van der Waals surface area (Å²) in [6.45, 7) is 2.12. The molecule has 48 valence electrons. The van der Waals surface area contributed by atoms with Crippen molar-refractivity contribution in [2.45, 2.75) is 13.3 Å². The van der Waals surface area contributed by atoms with Crippen molar-refractivity contribution in [1.82, 2.24) is 0 Å². The number of hydrogen-bond acceptors (Lipinski definition) is 0. The zero-order chi connectivity index (χ0) is 6.69. The third-order valence-corrected chi connectivity index (χ3v) is 1.64. The summed E-state index contributed by atoms with van der Waals surface area (Å²) < 4.78 is 0. The molecular formula is C8H11P. The van der Waals surface area contributed by atoms with Crippen molar-refractivity contribution in [3.8, 4) is 0 Å². The Hall–Kier alpha value is -0.350. The van der Waals surface area contributed by atoms with Crippen LogP contribution in [-0.2, 0) is 0 Å². The van der Waals surface area contributed by atoms with Gasteiger partial charge in [0.2, 0.25) is 0 Å². The molecule has 1 atom stereocenters. The molecule has 0 saturated heterocycles. The Morgan fingerprint density at radius 1 is 1.56 bits per heavy atom. The summed E-state index contributed by atoms with van der Waals surface area (Å²) in [5.41, 5.74) is 1.35. The highest BCUT2D eigenvalue weighted by Gasteiger charge is 1.88. The molecule has 1 unspecified atom stereocenters. The van der Waals surface area contributed by atoms with Gasteiger partial charge in [-0.15, -0.1) is 9.24 Å². The molecule has 0 aliphatic heterocycles. The van der Waals surface area contributed by atoms with E-state index in [1.165, 1.54) is 10.9 Å². The molecule has 9 heavy (non-hydrogen) atoms. The Bertz CT molecular complexity index is 185. The van der Waals surface area contributed by atoms with Gasteiger partial charge in [-0.1, -0.05) is 29.9 Å². The standard InChI is InChI=1S/C8H11P/c1-7-4-2-3-5-8(9)6-7/h3-6H,2,9H2,1H3. The Morgan fingerprint density at radius 2 is 2.33 bits per heavy atom. The molecule has 0 aromatic heterocycles. The molecule has 0 nitrogen and oxygen atoms in total. The van der Waals surface area contributed by atoms with Crippen molar-refractivity contribution in [2.75, 3.05) is 0 Å². The first-order chi connectivity index (χ1) is 4.29. The lowest BCUT2D eigenvalue weighted by atomic mass is 10.2. The first kappa shape index (κ1) is 6.77. The SMILES string of the molecule is CC1=CCC=CC(P)=C1. The molecule has 0 heterocycles. The molecule has 0 fully saturated rings. The summed E-state index contributed by atoms with van der Waals surface area (Å²) >= 11 is 0. The van der Waals surface area contributed by atoms with Crippen molar-refractivity contribution < 1.29 is 0 Å². The van der Waals surface area contributed by atoms with E-state index in [4.69, 9.17) is 0 Å². The fourth-order valence-corrected chi connectivity index (χ4v) is 1.23. The van der Waals surface area contributed by atoms with Gasteiger partial charge in [0.1, 0.15) is 0 Å². The smallest absolute Gasteiger partial charge is 0.0160 e. The van der Waals surface area contributed by atoms with Crippen molar-refractivity contribution in [2.24, 2.45) is 0 Å². The van der Waals surface area contributed by atoms with Crippen LogP contribution in [-0.4, -0.2) is 0 Å². The minimum absolute atomic E-state index is 1.07. The van der Waals surface area contributed by atoms with Crippen molar-refractivity contribution in [1.29, 1.82) is 0 Å². The van der Waals surface area contributed by atoms with E-state index >= 15 is 0 Å². The average molecular weight is 138 g/mol. The van der Waals surface area contributed by atoms with E-state index in [2.05, 4.69) is 40.5 Å².